The Hall–Kier alpha value is -0.600. The number of hydrogen-bond acceptors (Lipinski definition) is 2. The summed E-state index contributed by atoms with van der Waals surface area (Å²) >= 11 is 0. The average Bonchev–Trinajstić information content (AvgIpc) is 2.34. The third-order valence-corrected chi connectivity index (χ3v) is 2.00. The first kappa shape index (κ1) is 8.50. The van der Waals surface area contributed by atoms with E-state index in [1.165, 1.54) is 5.56 Å². The van der Waals surface area contributed by atoms with Gasteiger partial charge >= 0.3 is 0 Å². The summed E-state index contributed by atoms with van der Waals surface area (Å²) in [5, 5.41) is 0. The lowest BCUT2D eigenvalue weighted by Gasteiger charge is -2.00. The molecule has 3 heteroatoms. The second kappa shape index (κ2) is 3.20. The van der Waals surface area contributed by atoms with E-state index in [4.69, 9.17) is 5.73 Å². The van der Waals surface area contributed by atoms with Crippen LogP contribution in [0.15, 0.2) is 18.3 Å². The predicted molar refractivity (Wildman–Crippen MR) is 46.7 cm³/mol. The van der Waals surface area contributed by atoms with Crippen LogP contribution in [0.4, 0.5) is 0 Å². The van der Waals surface area contributed by atoms with Gasteiger partial charge in [0.2, 0.25) is 0 Å². The van der Waals surface area contributed by atoms with E-state index in [-0.39, 0.29) is 18.4 Å². The highest BCUT2D eigenvalue weighted by atomic mass is 35.5. The van der Waals surface area contributed by atoms with Gasteiger partial charge in [-0.3, -0.25) is 4.98 Å². The molecule has 0 aliphatic heterocycles. The lowest BCUT2D eigenvalue weighted by atomic mass is 10.2. The van der Waals surface area contributed by atoms with E-state index in [2.05, 4.69) is 11.1 Å². The van der Waals surface area contributed by atoms with Crippen molar-refractivity contribution in [3.05, 3.63) is 29.6 Å². The molecule has 2 N–H and O–H groups in total. The van der Waals surface area contributed by atoms with Gasteiger partial charge in [-0.05, 0) is 24.5 Å². The Morgan fingerprint density at radius 2 is 2.36 bits per heavy atom. The number of aromatic nitrogens is 1. The SMILES string of the molecule is Cl.NC1CCc2cccnc21. The molecule has 2 rings (SSSR count). The number of aryl methyl sites for hydroxylation is 1. The lowest BCUT2D eigenvalue weighted by molar-refractivity contribution is 0.698. The van der Waals surface area contributed by atoms with Crippen molar-refractivity contribution in [2.45, 2.75) is 18.9 Å². The summed E-state index contributed by atoms with van der Waals surface area (Å²) in [6.45, 7) is 0. The predicted octanol–water partition coefficient (Wildman–Crippen LogP) is 1.45. The Labute approximate surface area is 72.2 Å². The van der Waals surface area contributed by atoms with Crippen molar-refractivity contribution in [1.29, 1.82) is 0 Å². The van der Waals surface area contributed by atoms with Crippen molar-refractivity contribution in [1.82, 2.24) is 4.98 Å². The molecule has 60 valence electrons. The van der Waals surface area contributed by atoms with Gasteiger partial charge in [0.05, 0.1) is 5.69 Å². The number of nitrogens with two attached hydrogens (primary N) is 1. The molecular weight excluding hydrogens is 160 g/mol. The average molecular weight is 171 g/mol. The number of nitrogens with zero attached hydrogens (tertiary/aromatic N) is 1. The second-order valence-electron chi connectivity index (χ2n) is 2.69. The van der Waals surface area contributed by atoms with E-state index in [0.29, 0.717) is 0 Å². The third kappa shape index (κ3) is 1.37. The summed E-state index contributed by atoms with van der Waals surface area (Å²) in [6.07, 6.45) is 3.97. The van der Waals surface area contributed by atoms with Crippen LogP contribution in [0, 0.1) is 0 Å². The Bertz CT molecular complexity index is 250. The van der Waals surface area contributed by atoms with Crippen LogP contribution in [0.1, 0.15) is 23.7 Å². The normalized spacial score (nSPS) is 20.6. The van der Waals surface area contributed by atoms with Gasteiger partial charge in [-0.15, -0.1) is 12.4 Å². The molecule has 1 atom stereocenters. The van der Waals surface area contributed by atoms with Crippen molar-refractivity contribution >= 4 is 12.4 Å². The fourth-order valence-electron chi connectivity index (χ4n) is 1.44. The van der Waals surface area contributed by atoms with Gasteiger partial charge in [0, 0.05) is 12.2 Å². The standard InChI is InChI=1S/C8H10N2.ClH/c9-7-4-3-6-2-1-5-10-8(6)7;/h1-2,5,7H,3-4,9H2;1H. The van der Waals surface area contributed by atoms with Gasteiger partial charge in [-0.1, -0.05) is 6.07 Å². The lowest BCUT2D eigenvalue weighted by Crippen LogP contribution is -2.06. The van der Waals surface area contributed by atoms with Crippen LogP contribution in [0.3, 0.4) is 0 Å². The zero-order valence-electron chi connectivity index (χ0n) is 6.16. The van der Waals surface area contributed by atoms with Gasteiger partial charge in [-0.25, -0.2) is 0 Å². The van der Waals surface area contributed by atoms with Gasteiger partial charge in [0.25, 0.3) is 0 Å². The van der Waals surface area contributed by atoms with Crippen LogP contribution in [0.2, 0.25) is 0 Å². The van der Waals surface area contributed by atoms with E-state index in [0.717, 1.165) is 18.5 Å². The maximum atomic E-state index is 5.78. The van der Waals surface area contributed by atoms with Crippen LogP contribution < -0.4 is 5.73 Å². The Morgan fingerprint density at radius 3 is 3.09 bits per heavy atom. The molecule has 1 unspecified atom stereocenters. The van der Waals surface area contributed by atoms with Gasteiger partial charge in [-0.2, -0.15) is 0 Å². The topological polar surface area (TPSA) is 38.9 Å². The summed E-state index contributed by atoms with van der Waals surface area (Å²) in [6, 6.07) is 4.27. The molecule has 1 aliphatic carbocycles. The van der Waals surface area contributed by atoms with Gasteiger partial charge < -0.3 is 5.73 Å². The largest absolute Gasteiger partial charge is 0.323 e. The molecule has 0 bridgehead atoms. The van der Waals surface area contributed by atoms with E-state index >= 15 is 0 Å². The van der Waals surface area contributed by atoms with Crippen molar-refractivity contribution in [2.75, 3.05) is 0 Å². The van der Waals surface area contributed by atoms with Gasteiger partial charge in [0.15, 0.2) is 0 Å². The number of hydrogen-bond donors (Lipinski definition) is 1. The summed E-state index contributed by atoms with van der Waals surface area (Å²) in [4.78, 5) is 4.22. The van der Waals surface area contributed by atoms with Crippen LogP contribution in [0.5, 0.6) is 0 Å². The molecule has 11 heavy (non-hydrogen) atoms. The monoisotopic (exact) mass is 170 g/mol. The zero-order chi connectivity index (χ0) is 6.97. The molecule has 0 aromatic carbocycles. The number of halogens is 1. The van der Waals surface area contributed by atoms with Crippen molar-refractivity contribution in [2.24, 2.45) is 5.73 Å². The second-order valence-corrected chi connectivity index (χ2v) is 2.69. The third-order valence-electron chi connectivity index (χ3n) is 2.00. The number of pyridine rings is 1. The molecule has 2 nitrogen and oxygen atoms in total. The molecule has 0 saturated carbocycles. The first-order chi connectivity index (χ1) is 4.88. The fraction of sp³-hybridized carbons (Fsp3) is 0.375. The summed E-state index contributed by atoms with van der Waals surface area (Å²) in [5.74, 6) is 0. The van der Waals surface area contributed by atoms with Gasteiger partial charge in [0.1, 0.15) is 0 Å². The minimum atomic E-state index is 0. The smallest absolute Gasteiger partial charge is 0.0602 e. The molecule has 0 spiro atoms. The quantitative estimate of drug-likeness (QED) is 0.640. The molecule has 1 aromatic heterocycles. The van der Waals surface area contributed by atoms with Crippen LogP contribution in [-0.4, -0.2) is 4.98 Å². The molecule has 0 amide bonds. The molecule has 0 radical (unpaired) electrons. The Morgan fingerprint density at radius 1 is 1.55 bits per heavy atom. The van der Waals surface area contributed by atoms with Crippen LogP contribution >= 0.6 is 12.4 Å². The van der Waals surface area contributed by atoms with Crippen molar-refractivity contribution in [3.8, 4) is 0 Å². The van der Waals surface area contributed by atoms with E-state index < -0.39 is 0 Å². The molecule has 1 heterocycles. The molecule has 0 fully saturated rings. The summed E-state index contributed by atoms with van der Waals surface area (Å²) in [7, 11) is 0. The van der Waals surface area contributed by atoms with Crippen molar-refractivity contribution < 1.29 is 0 Å². The molecule has 1 aliphatic rings. The Balaban J connectivity index is 0.000000605. The molecule has 0 saturated heterocycles. The maximum Gasteiger partial charge on any atom is 0.0602 e. The highest BCUT2D eigenvalue weighted by Crippen LogP contribution is 2.25. The molecular formula is C8H11ClN2. The highest BCUT2D eigenvalue weighted by molar-refractivity contribution is 5.85. The summed E-state index contributed by atoms with van der Waals surface area (Å²) < 4.78 is 0. The van der Waals surface area contributed by atoms with E-state index in [1.807, 2.05) is 12.3 Å². The minimum Gasteiger partial charge on any atom is -0.323 e. The number of fused-ring (bicyclic) bond motifs is 1. The van der Waals surface area contributed by atoms with E-state index in [1.54, 1.807) is 0 Å². The maximum absolute atomic E-state index is 5.78. The van der Waals surface area contributed by atoms with Crippen LogP contribution in [0.25, 0.3) is 0 Å². The minimum absolute atomic E-state index is 0. The number of rotatable bonds is 0. The highest BCUT2D eigenvalue weighted by Gasteiger charge is 2.18. The summed E-state index contributed by atoms with van der Waals surface area (Å²) in [5.41, 5.74) is 8.21. The first-order valence-corrected chi connectivity index (χ1v) is 3.57. The zero-order valence-corrected chi connectivity index (χ0v) is 6.97. The van der Waals surface area contributed by atoms with E-state index in [9.17, 15) is 0 Å². The Kier molecular flexibility index (Phi) is 2.47. The fourth-order valence-corrected chi connectivity index (χ4v) is 1.44. The van der Waals surface area contributed by atoms with Crippen LogP contribution in [-0.2, 0) is 6.42 Å². The first-order valence-electron chi connectivity index (χ1n) is 3.57. The molecule has 1 aromatic rings. The van der Waals surface area contributed by atoms with Crippen molar-refractivity contribution in [3.63, 3.8) is 0 Å².